The molecular weight excluding hydrogens is 302 g/mol. The third-order valence-corrected chi connectivity index (χ3v) is 5.64. The Kier molecular flexibility index (Phi) is 5.91. The molecule has 0 saturated carbocycles. The first kappa shape index (κ1) is 16.9. The molecule has 0 bridgehead atoms. The summed E-state index contributed by atoms with van der Waals surface area (Å²) in [5.41, 5.74) is 5.87. The van der Waals surface area contributed by atoms with Gasteiger partial charge in [0.25, 0.3) is 0 Å². The van der Waals surface area contributed by atoms with E-state index in [4.69, 9.17) is 15.7 Å². The minimum atomic E-state index is -3.49. The Hall–Kier alpha value is -1.46. The van der Waals surface area contributed by atoms with Crippen molar-refractivity contribution in [2.45, 2.75) is 30.3 Å². The zero-order valence-electron chi connectivity index (χ0n) is 12.4. The van der Waals surface area contributed by atoms with Gasteiger partial charge in [-0.1, -0.05) is 0 Å². The van der Waals surface area contributed by atoms with E-state index in [1.165, 1.54) is 28.6 Å². The predicted molar refractivity (Wildman–Crippen MR) is 82.6 cm³/mol. The van der Waals surface area contributed by atoms with Gasteiger partial charge in [-0.3, -0.25) is 0 Å². The van der Waals surface area contributed by atoms with Crippen LogP contribution in [-0.2, 0) is 14.8 Å². The van der Waals surface area contributed by atoms with Crippen molar-refractivity contribution in [2.24, 2.45) is 5.73 Å². The maximum atomic E-state index is 12.5. The summed E-state index contributed by atoms with van der Waals surface area (Å²) in [4.78, 5) is 0.231. The summed E-state index contributed by atoms with van der Waals surface area (Å²) in [6.07, 6.45) is 2.32. The summed E-state index contributed by atoms with van der Waals surface area (Å²) in [6.45, 7) is 2.14. The quantitative estimate of drug-likeness (QED) is 0.790. The highest BCUT2D eigenvalue weighted by molar-refractivity contribution is 7.89. The highest BCUT2D eigenvalue weighted by Gasteiger charge is 2.29. The lowest BCUT2D eigenvalue weighted by Crippen LogP contribution is -2.41. The number of rotatable bonds is 6. The second-order valence-corrected chi connectivity index (χ2v) is 7.19. The Morgan fingerprint density at radius 2 is 1.91 bits per heavy atom. The van der Waals surface area contributed by atoms with Crippen LogP contribution >= 0.6 is 0 Å². The molecule has 2 N–H and O–H groups in total. The molecule has 1 aromatic carbocycles. The first-order chi connectivity index (χ1) is 10.6. The number of nitriles is 1. The molecule has 1 aromatic rings. The summed E-state index contributed by atoms with van der Waals surface area (Å²) in [6, 6.07) is 8.00. The molecule has 0 aromatic heterocycles. The number of sulfonamides is 1. The van der Waals surface area contributed by atoms with Crippen LogP contribution in [0.1, 0.15) is 24.8 Å². The summed E-state index contributed by atoms with van der Waals surface area (Å²) in [5.74, 6) is 0. The third-order valence-electron chi connectivity index (χ3n) is 3.72. The normalized spacial score (nSPS) is 17.3. The molecule has 0 spiro atoms. The van der Waals surface area contributed by atoms with Gasteiger partial charge in [-0.05, 0) is 50.1 Å². The van der Waals surface area contributed by atoms with E-state index in [0.29, 0.717) is 44.6 Å². The molecule has 0 unspecified atom stereocenters. The van der Waals surface area contributed by atoms with Gasteiger partial charge in [0.15, 0.2) is 0 Å². The lowest BCUT2D eigenvalue weighted by Gasteiger charge is -2.31. The number of ether oxygens (including phenoxy) is 1. The van der Waals surface area contributed by atoms with Gasteiger partial charge in [0.1, 0.15) is 0 Å². The van der Waals surface area contributed by atoms with E-state index in [-0.39, 0.29) is 11.0 Å². The lowest BCUT2D eigenvalue weighted by atomic mass is 10.1. The highest BCUT2D eigenvalue weighted by atomic mass is 32.2. The first-order valence-electron chi connectivity index (χ1n) is 7.40. The summed E-state index contributed by atoms with van der Waals surface area (Å²) < 4.78 is 32.2. The SMILES string of the molecule is N#Cc1ccc(S(=O)(=O)N2CCC(OCCCN)CC2)cc1. The van der Waals surface area contributed by atoms with Crippen LogP contribution in [0.2, 0.25) is 0 Å². The van der Waals surface area contributed by atoms with Gasteiger partial charge in [-0.2, -0.15) is 9.57 Å². The Labute approximate surface area is 131 Å². The van der Waals surface area contributed by atoms with Crippen molar-refractivity contribution >= 4 is 10.0 Å². The van der Waals surface area contributed by atoms with Crippen molar-refractivity contribution in [3.05, 3.63) is 29.8 Å². The largest absolute Gasteiger partial charge is 0.378 e. The number of benzene rings is 1. The van der Waals surface area contributed by atoms with Gasteiger partial charge in [-0.15, -0.1) is 0 Å². The summed E-state index contributed by atoms with van der Waals surface area (Å²) >= 11 is 0. The zero-order chi connectivity index (χ0) is 16.0. The third kappa shape index (κ3) is 4.05. The minimum absolute atomic E-state index is 0.110. The van der Waals surface area contributed by atoms with Crippen LogP contribution in [0.5, 0.6) is 0 Å². The molecule has 1 heterocycles. The molecular formula is C15H21N3O3S. The van der Waals surface area contributed by atoms with E-state index in [1.54, 1.807) is 0 Å². The molecule has 7 heteroatoms. The van der Waals surface area contributed by atoms with Crippen LogP contribution < -0.4 is 5.73 Å². The average Bonchev–Trinajstić information content (AvgIpc) is 2.55. The molecule has 22 heavy (non-hydrogen) atoms. The second-order valence-electron chi connectivity index (χ2n) is 5.25. The topological polar surface area (TPSA) is 96.4 Å². The molecule has 0 atom stereocenters. The Balaban J connectivity index is 1.95. The number of nitrogens with two attached hydrogens (primary N) is 1. The molecule has 1 aliphatic rings. The van der Waals surface area contributed by atoms with Gasteiger partial charge in [0.05, 0.1) is 22.6 Å². The van der Waals surface area contributed by atoms with Crippen LogP contribution in [0.3, 0.4) is 0 Å². The predicted octanol–water partition coefficient (Wildman–Crippen LogP) is 1.08. The van der Waals surface area contributed by atoms with Crippen molar-refractivity contribution < 1.29 is 13.2 Å². The molecule has 2 rings (SSSR count). The van der Waals surface area contributed by atoms with Crippen LogP contribution in [-0.4, -0.2) is 45.1 Å². The fourth-order valence-electron chi connectivity index (χ4n) is 2.42. The molecule has 1 aliphatic heterocycles. The first-order valence-corrected chi connectivity index (χ1v) is 8.84. The number of hydrogen-bond acceptors (Lipinski definition) is 5. The maximum Gasteiger partial charge on any atom is 0.243 e. The van der Waals surface area contributed by atoms with Crippen LogP contribution in [0.4, 0.5) is 0 Å². The lowest BCUT2D eigenvalue weighted by molar-refractivity contribution is 0.0209. The molecule has 0 radical (unpaired) electrons. The van der Waals surface area contributed by atoms with E-state index in [9.17, 15) is 8.42 Å². The molecule has 0 amide bonds. The van der Waals surface area contributed by atoms with E-state index in [0.717, 1.165) is 6.42 Å². The van der Waals surface area contributed by atoms with Crippen LogP contribution in [0.15, 0.2) is 29.2 Å². The van der Waals surface area contributed by atoms with E-state index in [1.807, 2.05) is 6.07 Å². The fourth-order valence-corrected chi connectivity index (χ4v) is 3.89. The Bertz CT molecular complexity index is 614. The van der Waals surface area contributed by atoms with E-state index >= 15 is 0 Å². The van der Waals surface area contributed by atoms with E-state index in [2.05, 4.69) is 0 Å². The van der Waals surface area contributed by atoms with Gasteiger partial charge < -0.3 is 10.5 Å². The van der Waals surface area contributed by atoms with Crippen LogP contribution in [0.25, 0.3) is 0 Å². The van der Waals surface area contributed by atoms with Crippen molar-refractivity contribution in [1.29, 1.82) is 5.26 Å². The maximum absolute atomic E-state index is 12.5. The van der Waals surface area contributed by atoms with Crippen molar-refractivity contribution in [3.63, 3.8) is 0 Å². The smallest absolute Gasteiger partial charge is 0.243 e. The summed E-state index contributed by atoms with van der Waals surface area (Å²) in [5, 5.41) is 8.77. The monoisotopic (exact) mass is 323 g/mol. The number of nitrogens with zero attached hydrogens (tertiary/aromatic N) is 2. The Morgan fingerprint density at radius 1 is 1.27 bits per heavy atom. The zero-order valence-corrected chi connectivity index (χ0v) is 13.3. The molecule has 1 fully saturated rings. The molecule has 1 saturated heterocycles. The molecule has 6 nitrogen and oxygen atoms in total. The standard InChI is InChI=1S/C15H21N3O3S/c16-8-1-11-21-14-6-9-18(10-7-14)22(19,20)15-4-2-13(12-17)3-5-15/h2-5,14H,1,6-11,16H2. The van der Waals surface area contributed by atoms with Crippen molar-refractivity contribution in [3.8, 4) is 6.07 Å². The van der Waals surface area contributed by atoms with Gasteiger partial charge in [0, 0.05) is 19.7 Å². The molecule has 0 aliphatic carbocycles. The second kappa shape index (κ2) is 7.70. The van der Waals surface area contributed by atoms with Crippen LogP contribution in [0, 0.1) is 11.3 Å². The van der Waals surface area contributed by atoms with E-state index < -0.39 is 10.0 Å². The van der Waals surface area contributed by atoms with Crippen molar-refractivity contribution in [2.75, 3.05) is 26.2 Å². The average molecular weight is 323 g/mol. The van der Waals surface area contributed by atoms with Crippen molar-refractivity contribution in [1.82, 2.24) is 4.31 Å². The molecule has 120 valence electrons. The van der Waals surface area contributed by atoms with Gasteiger partial charge >= 0.3 is 0 Å². The number of hydrogen-bond donors (Lipinski definition) is 1. The highest BCUT2D eigenvalue weighted by Crippen LogP contribution is 2.22. The van der Waals surface area contributed by atoms with Gasteiger partial charge in [0.2, 0.25) is 10.0 Å². The minimum Gasteiger partial charge on any atom is -0.378 e. The Morgan fingerprint density at radius 3 is 2.45 bits per heavy atom. The number of piperidine rings is 1. The summed E-state index contributed by atoms with van der Waals surface area (Å²) in [7, 11) is -3.49. The van der Waals surface area contributed by atoms with Gasteiger partial charge in [-0.25, -0.2) is 8.42 Å². The fraction of sp³-hybridized carbons (Fsp3) is 0.533.